The summed E-state index contributed by atoms with van der Waals surface area (Å²) in [7, 11) is 1.49. The predicted octanol–water partition coefficient (Wildman–Crippen LogP) is 3.85. The van der Waals surface area contributed by atoms with Crippen LogP contribution in [0.25, 0.3) is 21.0 Å². The Balaban J connectivity index is 1.58. The van der Waals surface area contributed by atoms with Crippen molar-refractivity contribution in [3.63, 3.8) is 0 Å². The van der Waals surface area contributed by atoms with Crippen molar-refractivity contribution in [2.75, 3.05) is 17.3 Å². The van der Waals surface area contributed by atoms with E-state index >= 15 is 0 Å². The van der Waals surface area contributed by atoms with E-state index in [0.29, 0.717) is 16.6 Å². The summed E-state index contributed by atoms with van der Waals surface area (Å²) in [5.74, 6) is -0.630. The van der Waals surface area contributed by atoms with Crippen LogP contribution in [0, 0.1) is 0 Å². The molecule has 0 amide bonds. The number of nitrogens with one attached hydrogen (secondary N) is 1. The van der Waals surface area contributed by atoms with E-state index in [1.54, 1.807) is 16.3 Å². The lowest BCUT2D eigenvalue weighted by Gasteiger charge is -2.26. The van der Waals surface area contributed by atoms with Crippen LogP contribution in [0.2, 0.25) is 0 Å². The van der Waals surface area contributed by atoms with Crippen LogP contribution < -0.4 is 20.4 Å². The fourth-order valence-corrected chi connectivity index (χ4v) is 4.20. The number of benzene rings is 3. The zero-order valence-electron chi connectivity index (χ0n) is 15.2. The lowest BCUT2D eigenvalue weighted by molar-refractivity contribution is 0.0696. The summed E-state index contributed by atoms with van der Waals surface area (Å²) in [6.45, 7) is 0. The molecule has 3 aromatic carbocycles. The highest BCUT2D eigenvalue weighted by atomic mass is 32.1. The summed E-state index contributed by atoms with van der Waals surface area (Å²) in [6, 6.07) is 16.9. The first kappa shape index (κ1) is 17.3. The van der Waals surface area contributed by atoms with Gasteiger partial charge in [-0.2, -0.15) is 0 Å². The lowest BCUT2D eigenvalue weighted by atomic mass is 10.1. The SMILES string of the molecule is COc1cc(C(=O)O)ccc1N1N=CNN1c1nc2c(ccc3ccccc32)s1. The molecular formula is C20H15N5O3S. The summed E-state index contributed by atoms with van der Waals surface area (Å²) in [6.07, 6.45) is 1.54. The highest BCUT2D eigenvalue weighted by molar-refractivity contribution is 7.22. The molecule has 0 radical (unpaired) electrons. The van der Waals surface area contributed by atoms with E-state index in [-0.39, 0.29) is 5.56 Å². The third kappa shape index (κ3) is 2.79. The van der Waals surface area contributed by atoms with Crippen molar-refractivity contribution in [3.8, 4) is 5.75 Å². The third-order valence-electron chi connectivity index (χ3n) is 4.63. The minimum Gasteiger partial charge on any atom is -0.494 e. The zero-order valence-corrected chi connectivity index (χ0v) is 16.1. The lowest BCUT2D eigenvalue weighted by Crippen LogP contribution is -2.42. The molecule has 0 saturated carbocycles. The Morgan fingerprint density at radius 1 is 1.17 bits per heavy atom. The van der Waals surface area contributed by atoms with E-state index in [9.17, 15) is 9.90 Å². The predicted molar refractivity (Wildman–Crippen MR) is 114 cm³/mol. The molecule has 9 heteroatoms. The largest absolute Gasteiger partial charge is 0.494 e. The number of aromatic nitrogens is 1. The van der Waals surface area contributed by atoms with Crippen molar-refractivity contribution in [2.45, 2.75) is 0 Å². The van der Waals surface area contributed by atoms with E-state index < -0.39 is 5.97 Å². The second kappa shape index (κ2) is 6.64. The normalized spacial score (nSPS) is 13.3. The number of hydrazone groups is 1. The van der Waals surface area contributed by atoms with E-state index in [4.69, 9.17) is 9.72 Å². The van der Waals surface area contributed by atoms with Crippen molar-refractivity contribution < 1.29 is 14.6 Å². The number of hydrazine groups is 2. The van der Waals surface area contributed by atoms with Gasteiger partial charge in [-0.05, 0) is 29.7 Å². The highest BCUT2D eigenvalue weighted by Gasteiger charge is 2.27. The monoisotopic (exact) mass is 405 g/mol. The number of fused-ring (bicyclic) bond motifs is 3. The van der Waals surface area contributed by atoms with E-state index in [2.05, 4.69) is 34.8 Å². The Bertz CT molecular complexity index is 1290. The van der Waals surface area contributed by atoms with Gasteiger partial charge in [0.25, 0.3) is 0 Å². The molecule has 4 aromatic rings. The van der Waals surface area contributed by atoms with Gasteiger partial charge in [0.1, 0.15) is 17.8 Å². The molecule has 2 heterocycles. The van der Waals surface area contributed by atoms with Gasteiger partial charge in [-0.25, -0.2) is 9.78 Å². The van der Waals surface area contributed by atoms with Crippen LogP contribution in [-0.2, 0) is 0 Å². The Morgan fingerprint density at radius 3 is 2.86 bits per heavy atom. The Hall–Kier alpha value is -3.85. The molecule has 8 nitrogen and oxygen atoms in total. The number of carboxylic acids is 1. The summed E-state index contributed by atoms with van der Waals surface area (Å²) in [5, 5.41) is 19.8. The molecule has 1 aromatic heterocycles. The molecule has 0 saturated heterocycles. The van der Waals surface area contributed by atoms with Crippen LogP contribution >= 0.6 is 11.3 Å². The second-order valence-electron chi connectivity index (χ2n) is 6.30. The second-order valence-corrected chi connectivity index (χ2v) is 7.31. The molecule has 1 aliphatic rings. The minimum absolute atomic E-state index is 0.139. The number of thiazole rings is 1. The van der Waals surface area contributed by atoms with Gasteiger partial charge < -0.3 is 9.84 Å². The number of methoxy groups -OCH3 is 1. The smallest absolute Gasteiger partial charge is 0.335 e. The van der Waals surface area contributed by atoms with Gasteiger partial charge in [0.05, 0.1) is 22.9 Å². The van der Waals surface area contributed by atoms with Gasteiger partial charge in [0.2, 0.25) is 5.13 Å². The summed E-state index contributed by atoms with van der Waals surface area (Å²) < 4.78 is 6.46. The van der Waals surface area contributed by atoms with Crippen LogP contribution in [0.1, 0.15) is 10.4 Å². The van der Waals surface area contributed by atoms with Gasteiger partial charge >= 0.3 is 5.97 Å². The maximum absolute atomic E-state index is 11.3. The van der Waals surface area contributed by atoms with Crippen LogP contribution in [0.15, 0.2) is 59.7 Å². The van der Waals surface area contributed by atoms with Gasteiger partial charge in [-0.1, -0.05) is 41.7 Å². The van der Waals surface area contributed by atoms with Crippen molar-refractivity contribution in [3.05, 3.63) is 60.2 Å². The van der Waals surface area contributed by atoms with Gasteiger partial charge in [-0.3, -0.25) is 5.43 Å². The van der Waals surface area contributed by atoms with Gasteiger partial charge in [0.15, 0.2) is 0 Å². The standard InChI is InChI=1S/C20H15N5O3S/c1-28-16-10-13(19(26)27)6-8-15(16)24-21-11-22-25(24)20-23-18-14-5-3-2-4-12(14)7-9-17(18)29-20/h2-11H,1H3,(H,21,22)(H,26,27). The molecule has 1 aliphatic heterocycles. The zero-order chi connectivity index (χ0) is 20.0. The fraction of sp³-hybridized carbons (Fsp3) is 0.0500. The van der Waals surface area contributed by atoms with E-state index in [1.165, 1.54) is 36.9 Å². The average Bonchev–Trinajstić information content (AvgIpc) is 3.40. The first-order valence-electron chi connectivity index (χ1n) is 8.74. The number of rotatable bonds is 4. The van der Waals surface area contributed by atoms with E-state index in [0.717, 1.165) is 21.0 Å². The summed E-state index contributed by atoms with van der Waals surface area (Å²) in [5.41, 5.74) is 4.71. The highest BCUT2D eigenvalue weighted by Crippen LogP contribution is 2.37. The van der Waals surface area contributed by atoms with Crippen LogP contribution in [-0.4, -0.2) is 29.5 Å². The van der Waals surface area contributed by atoms with Crippen LogP contribution in [0.3, 0.4) is 0 Å². The number of carboxylic acid groups (broad SMARTS) is 1. The Labute approximate surface area is 169 Å². The maximum atomic E-state index is 11.3. The van der Waals surface area contributed by atoms with Crippen molar-refractivity contribution in [1.29, 1.82) is 0 Å². The van der Waals surface area contributed by atoms with Crippen molar-refractivity contribution >= 4 is 55.5 Å². The molecule has 2 N–H and O–H groups in total. The molecule has 0 spiro atoms. The topological polar surface area (TPSA) is 90.3 Å². The molecule has 0 bridgehead atoms. The van der Waals surface area contributed by atoms with Gasteiger partial charge in [0, 0.05) is 5.39 Å². The fourth-order valence-electron chi connectivity index (χ4n) is 3.26. The first-order chi connectivity index (χ1) is 14.2. The molecule has 29 heavy (non-hydrogen) atoms. The number of aromatic carboxylic acids is 1. The third-order valence-corrected chi connectivity index (χ3v) is 5.63. The molecule has 5 rings (SSSR count). The molecule has 0 atom stereocenters. The van der Waals surface area contributed by atoms with Crippen molar-refractivity contribution in [1.82, 2.24) is 10.4 Å². The Kier molecular flexibility index (Phi) is 3.95. The summed E-state index contributed by atoms with van der Waals surface area (Å²) >= 11 is 1.53. The van der Waals surface area contributed by atoms with E-state index in [1.807, 2.05) is 12.1 Å². The van der Waals surface area contributed by atoms with Crippen molar-refractivity contribution in [2.24, 2.45) is 5.10 Å². The minimum atomic E-state index is -1.02. The number of hydrogen-bond acceptors (Lipinski definition) is 8. The van der Waals surface area contributed by atoms with Crippen LogP contribution in [0.4, 0.5) is 10.8 Å². The number of ether oxygens (including phenoxy) is 1. The number of anilines is 2. The molecule has 0 unspecified atom stereocenters. The summed E-state index contributed by atoms with van der Waals surface area (Å²) in [4.78, 5) is 16.1. The Morgan fingerprint density at radius 2 is 2.03 bits per heavy atom. The van der Waals surface area contributed by atoms with Crippen LogP contribution in [0.5, 0.6) is 5.75 Å². The quantitative estimate of drug-likeness (QED) is 0.533. The number of hydrogen-bond donors (Lipinski definition) is 2. The average molecular weight is 405 g/mol. The molecule has 0 fully saturated rings. The number of nitrogens with zero attached hydrogens (tertiary/aromatic N) is 4. The van der Waals surface area contributed by atoms with Gasteiger partial charge in [-0.15, -0.1) is 15.3 Å². The number of carbonyl (C=O) groups is 1. The molecular weight excluding hydrogens is 390 g/mol. The first-order valence-corrected chi connectivity index (χ1v) is 9.56. The molecule has 0 aliphatic carbocycles. The maximum Gasteiger partial charge on any atom is 0.335 e. The molecule has 144 valence electrons.